The largest absolute Gasteiger partial charge is 0.494 e. The first-order chi connectivity index (χ1) is 8.50. The van der Waals surface area contributed by atoms with Gasteiger partial charge in [-0.15, -0.1) is 0 Å². The maximum absolute atomic E-state index is 9.02. The number of nitrogens with zero attached hydrogens (tertiary/aromatic N) is 1. The summed E-state index contributed by atoms with van der Waals surface area (Å²) in [5.74, 6) is 0.904. The van der Waals surface area contributed by atoms with Gasteiger partial charge in [-0.3, -0.25) is 0 Å². The first-order valence-corrected chi connectivity index (χ1v) is 6.31. The highest BCUT2D eigenvalue weighted by molar-refractivity contribution is 5.33. The van der Waals surface area contributed by atoms with Crippen molar-refractivity contribution in [1.82, 2.24) is 5.32 Å². The highest BCUT2D eigenvalue weighted by Gasteiger charge is 2.19. The molecule has 0 radical (unpaired) electrons. The van der Waals surface area contributed by atoms with E-state index in [4.69, 9.17) is 10.00 Å². The van der Waals surface area contributed by atoms with Crippen molar-refractivity contribution in [3.8, 4) is 11.8 Å². The second-order valence-electron chi connectivity index (χ2n) is 4.89. The SMILES string of the molecule is CNC(C)(C#N)CCCOc1ccc(C)c(C)c1. The Bertz CT molecular complexity index is 437. The number of nitriles is 1. The van der Waals surface area contributed by atoms with Gasteiger partial charge in [0.25, 0.3) is 0 Å². The third kappa shape index (κ3) is 4.05. The van der Waals surface area contributed by atoms with E-state index in [0.29, 0.717) is 6.61 Å². The van der Waals surface area contributed by atoms with Crippen LogP contribution in [0, 0.1) is 25.2 Å². The first kappa shape index (κ1) is 14.5. The van der Waals surface area contributed by atoms with Crippen molar-refractivity contribution in [2.24, 2.45) is 0 Å². The van der Waals surface area contributed by atoms with E-state index in [1.54, 1.807) is 0 Å². The van der Waals surface area contributed by atoms with Gasteiger partial charge < -0.3 is 10.1 Å². The minimum atomic E-state index is -0.452. The van der Waals surface area contributed by atoms with Gasteiger partial charge in [0.15, 0.2) is 0 Å². The molecule has 0 saturated carbocycles. The Morgan fingerprint density at radius 2 is 2.06 bits per heavy atom. The van der Waals surface area contributed by atoms with Gasteiger partial charge >= 0.3 is 0 Å². The van der Waals surface area contributed by atoms with Crippen LogP contribution in [0.2, 0.25) is 0 Å². The number of aryl methyl sites for hydroxylation is 2. The van der Waals surface area contributed by atoms with Crippen LogP contribution >= 0.6 is 0 Å². The van der Waals surface area contributed by atoms with Crippen LogP contribution in [0.1, 0.15) is 30.9 Å². The van der Waals surface area contributed by atoms with Crippen molar-refractivity contribution >= 4 is 0 Å². The summed E-state index contributed by atoms with van der Waals surface area (Å²) in [6.45, 7) is 6.71. The van der Waals surface area contributed by atoms with Crippen molar-refractivity contribution in [3.63, 3.8) is 0 Å². The van der Waals surface area contributed by atoms with Crippen LogP contribution in [0.15, 0.2) is 18.2 Å². The zero-order valence-electron chi connectivity index (χ0n) is 11.7. The molecule has 0 spiro atoms. The average molecular weight is 246 g/mol. The molecule has 0 fully saturated rings. The van der Waals surface area contributed by atoms with Crippen molar-refractivity contribution in [3.05, 3.63) is 29.3 Å². The molecule has 1 aromatic carbocycles. The topological polar surface area (TPSA) is 45.0 Å². The lowest BCUT2D eigenvalue weighted by molar-refractivity contribution is 0.288. The quantitative estimate of drug-likeness (QED) is 0.785. The summed E-state index contributed by atoms with van der Waals surface area (Å²) in [5.41, 5.74) is 2.06. The molecule has 0 aliphatic carbocycles. The Kier molecular flexibility index (Phi) is 5.18. The standard InChI is InChI=1S/C15H22N2O/c1-12-6-7-14(10-13(12)2)18-9-5-8-15(3,11-16)17-4/h6-7,10,17H,5,8-9H2,1-4H3. The summed E-state index contributed by atoms with van der Waals surface area (Å²) in [6, 6.07) is 8.39. The maximum Gasteiger partial charge on any atom is 0.119 e. The fourth-order valence-electron chi connectivity index (χ4n) is 1.66. The van der Waals surface area contributed by atoms with Gasteiger partial charge in [-0.1, -0.05) is 6.07 Å². The van der Waals surface area contributed by atoms with E-state index in [-0.39, 0.29) is 0 Å². The van der Waals surface area contributed by atoms with Crippen molar-refractivity contribution in [1.29, 1.82) is 5.26 Å². The molecule has 3 heteroatoms. The molecule has 1 N–H and O–H groups in total. The molecule has 1 unspecified atom stereocenters. The van der Waals surface area contributed by atoms with Gasteiger partial charge in [-0.05, 0) is 63.9 Å². The number of ether oxygens (including phenoxy) is 1. The van der Waals surface area contributed by atoms with Crippen LogP contribution in [-0.2, 0) is 0 Å². The van der Waals surface area contributed by atoms with E-state index < -0.39 is 5.54 Å². The predicted molar refractivity (Wildman–Crippen MR) is 73.7 cm³/mol. The average Bonchev–Trinajstić information content (AvgIpc) is 2.38. The smallest absolute Gasteiger partial charge is 0.119 e. The molecule has 1 aromatic rings. The number of hydrogen-bond donors (Lipinski definition) is 1. The zero-order chi connectivity index (χ0) is 13.6. The molecular weight excluding hydrogens is 224 g/mol. The lowest BCUT2D eigenvalue weighted by Crippen LogP contribution is -2.38. The molecule has 0 bridgehead atoms. The number of benzene rings is 1. The molecule has 1 atom stereocenters. The van der Waals surface area contributed by atoms with Crippen LogP contribution in [-0.4, -0.2) is 19.2 Å². The maximum atomic E-state index is 9.02. The van der Waals surface area contributed by atoms with Crippen molar-refractivity contribution in [2.45, 2.75) is 39.2 Å². The molecule has 1 rings (SSSR count). The summed E-state index contributed by atoms with van der Waals surface area (Å²) in [4.78, 5) is 0. The third-order valence-electron chi connectivity index (χ3n) is 3.37. The van der Waals surface area contributed by atoms with Gasteiger partial charge in [0.05, 0.1) is 12.7 Å². The molecule has 18 heavy (non-hydrogen) atoms. The van der Waals surface area contributed by atoms with Crippen LogP contribution < -0.4 is 10.1 Å². The molecule has 0 heterocycles. The van der Waals surface area contributed by atoms with Crippen LogP contribution in [0.4, 0.5) is 0 Å². The van der Waals surface area contributed by atoms with Gasteiger partial charge in [0.2, 0.25) is 0 Å². The Morgan fingerprint density at radius 1 is 1.33 bits per heavy atom. The Hall–Kier alpha value is -1.53. The molecule has 0 saturated heterocycles. The molecule has 0 aliphatic heterocycles. The lowest BCUT2D eigenvalue weighted by Gasteiger charge is -2.20. The highest BCUT2D eigenvalue weighted by atomic mass is 16.5. The minimum absolute atomic E-state index is 0.452. The van der Waals surface area contributed by atoms with E-state index in [1.165, 1.54) is 11.1 Å². The van der Waals surface area contributed by atoms with E-state index in [0.717, 1.165) is 18.6 Å². The van der Waals surface area contributed by atoms with E-state index >= 15 is 0 Å². The van der Waals surface area contributed by atoms with Gasteiger partial charge in [-0.25, -0.2) is 0 Å². The van der Waals surface area contributed by atoms with Gasteiger partial charge in [0, 0.05) is 0 Å². The van der Waals surface area contributed by atoms with E-state index in [2.05, 4.69) is 37.4 Å². The first-order valence-electron chi connectivity index (χ1n) is 6.31. The van der Waals surface area contributed by atoms with E-state index in [9.17, 15) is 0 Å². The molecule has 0 aromatic heterocycles. The Morgan fingerprint density at radius 3 is 2.61 bits per heavy atom. The fraction of sp³-hybridized carbons (Fsp3) is 0.533. The van der Waals surface area contributed by atoms with Crippen molar-refractivity contribution in [2.75, 3.05) is 13.7 Å². The van der Waals surface area contributed by atoms with Crippen LogP contribution in [0.25, 0.3) is 0 Å². The molecule has 0 aliphatic rings. The molecular formula is C15H22N2O. The summed E-state index contributed by atoms with van der Waals surface area (Å²) in [6.07, 6.45) is 1.64. The molecule has 0 amide bonds. The Labute approximate surface area is 110 Å². The van der Waals surface area contributed by atoms with E-state index in [1.807, 2.05) is 20.0 Å². The van der Waals surface area contributed by atoms with Gasteiger partial charge in [0.1, 0.15) is 11.3 Å². The van der Waals surface area contributed by atoms with Crippen molar-refractivity contribution < 1.29 is 4.74 Å². The second-order valence-corrected chi connectivity index (χ2v) is 4.89. The predicted octanol–water partition coefficient (Wildman–Crippen LogP) is 2.96. The number of hydrogen-bond acceptors (Lipinski definition) is 3. The normalized spacial score (nSPS) is 13.7. The second kappa shape index (κ2) is 6.42. The fourth-order valence-corrected chi connectivity index (χ4v) is 1.66. The summed E-state index contributed by atoms with van der Waals surface area (Å²) >= 11 is 0. The highest BCUT2D eigenvalue weighted by Crippen LogP contribution is 2.17. The summed E-state index contributed by atoms with van der Waals surface area (Å²) in [7, 11) is 1.81. The summed E-state index contributed by atoms with van der Waals surface area (Å²) in [5, 5.41) is 12.0. The number of nitrogens with one attached hydrogen (secondary N) is 1. The van der Waals surface area contributed by atoms with Gasteiger partial charge in [-0.2, -0.15) is 5.26 Å². The zero-order valence-corrected chi connectivity index (χ0v) is 11.7. The van der Waals surface area contributed by atoms with Crippen LogP contribution in [0.5, 0.6) is 5.75 Å². The monoisotopic (exact) mass is 246 g/mol. The Balaban J connectivity index is 2.39. The minimum Gasteiger partial charge on any atom is -0.494 e. The molecule has 98 valence electrons. The third-order valence-corrected chi connectivity index (χ3v) is 3.37. The number of rotatable bonds is 6. The lowest BCUT2D eigenvalue weighted by atomic mass is 9.98. The van der Waals surface area contributed by atoms with Crippen LogP contribution in [0.3, 0.4) is 0 Å². The molecule has 3 nitrogen and oxygen atoms in total. The summed E-state index contributed by atoms with van der Waals surface area (Å²) < 4.78 is 5.69.